The van der Waals surface area contributed by atoms with Crippen LogP contribution in [0.5, 0.6) is 0 Å². The van der Waals surface area contributed by atoms with E-state index in [9.17, 15) is 21.6 Å². The quantitative estimate of drug-likeness (QED) is 0.867. The van der Waals surface area contributed by atoms with Crippen LogP contribution in [0, 0.1) is 0 Å². The van der Waals surface area contributed by atoms with Crippen molar-refractivity contribution in [1.29, 1.82) is 0 Å². The predicted octanol–water partition coefficient (Wildman–Crippen LogP) is 0.720. The Bertz CT molecular complexity index is 550. The van der Waals surface area contributed by atoms with Crippen molar-refractivity contribution in [3.8, 4) is 0 Å². The largest absolute Gasteiger partial charge is 0.433 e. The van der Waals surface area contributed by atoms with Gasteiger partial charge in [-0.1, -0.05) is 0 Å². The van der Waals surface area contributed by atoms with E-state index in [-0.39, 0.29) is 30.0 Å². The van der Waals surface area contributed by atoms with E-state index < -0.39 is 27.7 Å². The van der Waals surface area contributed by atoms with Crippen LogP contribution in [-0.4, -0.2) is 29.7 Å². The third-order valence-corrected chi connectivity index (χ3v) is 4.66. The van der Waals surface area contributed by atoms with Crippen LogP contribution < -0.4 is 5.73 Å². The smallest absolute Gasteiger partial charge is 0.326 e. The highest BCUT2D eigenvalue weighted by molar-refractivity contribution is 7.91. The van der Waals surface area contributed by atoms with E-state index in [2.05, 4.69) is 5.10 Å². The van der Waals surface area contributed by atoms with Gasteiger partial charge in [0, 0.05) is 12.1 Å². The molecular formula is C9H12F3N3O2S. The van der Waals surface area contributed by atoms with Crippen LogP contribution >= 0.6 is 0 Å². The van der Waals surface area contributed by atoms with E-state index in [0.29, 0.717) is 0 Å². The van der Waals surface area contributed by atoms with Crippen LogP contribution in [-0.2, 0) is 22.6 Å². The molecule has 0 aliphatic carbocycles. The summed E-state index contributed by atoms with van der Waals surface area (Å²) in [6.07, 6.45) is -3.39. The summed E-state index contributed by atoms with van der Waals surface area (Å²) in [4.78, 5) is 0. The van der Waals surface area contributed by atoms with Crippen molar-refractivity contribution < 1.29 is 21.6 Å². The number of nitrogens with zero attached hydrogens (tertiary/aromatic N) is 2. The predicted molar refractivity (Wildman–Crippen MR) is 57.4 cm³/mol. The zero-order valence-corrected chi connectivity index (χ0v) is 10.1. The summed E-state index contributed by atoms with van der Waals surface area (Å²) < 4.78 is 62.1. The van der Waals surface area contributed by atoms with E-state index in [1.165, 1.54) is 0 Å². The molecule has 0 amide bonds. The Hall–Kier alpha value is -1.09. The lowest BCUT2D eigenvalue weighted by atomic mass is 10.2. The number of alkyl halides is 3. The minimum absolute atomic E-state index is 0.104. The third kappa shape index (κ3) is 2.37. The highest BCUT2D eigenvalue weighted by Crippen LogP contribution is 2.35. The van der Waals surface area contributed by atoms with E-state index in [1.807, 2.05) is 0 Å². The Morgan fingerprint density at radius 1 is 1.50 bits per heavy atom. The van der Waals surface area contributed by atoms with Gasteiger partial charge in [0.05, 0.1) is 23.7 Å². The molecule has 5 nitrogen and oxygen atoms in total. The fourth-order valence-electron chi connectivity index (χ4n) is 2.10. The summed E-state index contributed by atoms with van der Waals surface area (Å²) in [5, 5.41) is 3.65. The summed E-state index contributed by atoms with van der Waals surface area (Å²) in [7, 11) is -3.26. The average molecular weight is 283 g/mol. The van der Waals surface area contributed by atoms with Gasteiger partial charge in [0.1, 0.15) is 5.69 Å². The molecule has 1 atom stereocenters. The van der Waals surface area contributed by atoms with Crippen LogP contribution in [0.4, 0.5) is 13.2 Å². The standard InChI is InChI=1S/C9H12F3N3O2S/c10-9(11,12)8-6(3-13)4-14-15(8)7-1-2-18(16,17)5-7/h4,7H,1-3,5,13H2. The second-order valence-electron chi connectivity index (χ2n) is 4.22. The average Bonchev–Trinajstić information content (AvgIpc) is 2.79. The first-order chi connectivity index (χ1) is 8.24. The second kappa shape index (κ2) is 4.23. The highest BCUT2D eigenvalue weighted by atomic mass is 32.2. The van der Waals surface area contributed by atoms with Gasteiger partial charge in [-0.25, -0.2) is 8.42 Å². The number of halogens is 3. The molecule has 1 aromatic rings. The maximum Gasteiger partial charge on any atom is 0.433 e. The van der Waals surface area contributed by atoms with Crippen LogP contribution in [0.1, 0.15) is 23.7 Å². The first-order valence-electron chi connectivity index (χ1n) is 5.28. The van der Waals surface area contributed by atoms with E-state index in [4.69, 9.17) is 5.73 Å². The fraction of sp³-hybridized carbons (Fsp3) is 0.667. The molecule has 2 N–H and O–H groups in total. The van der Waals surface area contributed by atoms with Crippen LogP contribution in [0.25, 0.3) is 0 Å². The van der Waals surface area contributed by atoms with Gasteiger partial charge in [-0.15, -0.1) is 0 Å². The van der Waals surface area contributed by atoms with E-state index >= 15 is 0 Å². The number of rotatable bonds is 2. The molecule has 2 rings (SSSR count). The Kier molecular flexibility index (Phi) is 3.14. The minimum atomic E-state index is -4.59. The summed E-state index contributed by atoms with van der Waals surface area (Å²) in [6.45, 7) is -0.283. The number of hydrogen-bond donors (Lipinski definition) is 1. The van der Waals surface area contributed by atoms with Gasteiger partial charge in [0.25, 0.3) is 0 Å². The molecule has 1 aliphatic heterocycles. The zero-order valence-electron chi connectivity index (χ0n) is 9.31. The van der Waals surface area contributed by atoms with Crippen molar-refractivity contribution in [2.24, 2.45) is 5.73 Å². The minimum Gasteiger partial charge on any atom is -0.326 e. The lowest BCUT2D eigenvalue weighted by Crippen LogP contribution is -2.22. The van der Waals surface area contributed by atoms with Crippen molar-refractivity contribution in [3.63, 3.8) is 0 Å². The Morgan fingerprint density at radius 2 is 2.17 bits per heavy atom. The summed E-state index contributed by atoms with van der Waals surface area (Å²) in [5.41, 5.74) is 4.18. The fourth-order valence-corrected chi connectivity index (χ4v) is 3.80. The van der Waals surface area contributed by atoms with Crippen molar-refractivity contribution in [1.82, 2.24) is 9.78 Å². The molecule has 102 valence electrons. The van der Waals surface area contributed by atoms with Crippen LogP contribution in [0.3, 0.4) is 0 Å². The van der Waals surface area contributed by atoms with Gasteiger partial charge in [-0.05, 0) is 6.42 Å². The first kappa shape index (κ1) is 13.3. The SMILES string of the molecule is NCc1cnn(C2CCS(=O)(=O)C2)c1C(F)(F)F. The molecule has 0 saturated carbocycles. The zero-order chi connectivity index (χ0) is 13.6. The number of sulfone groups is 1. The van der Waals surface area contributed by atoms with Gasteiger partial charge in [-0.3, -0.25) is 4.68 Å². The maximum atomic E-state index is 12.9. The number of aromatic nitrogens is 2. The van der Waals surface area contributed by atoms with E-state index in [1.54, 1.807) is 0 Å². The number of hydrogen-bond acceptors (Lipinski definition) is 4. The topological polar surface area (TPSA) is 78.0 Å². The number of nitrogens with two attached hydrogens (primary N) is 1. The van der Waals surface area contributed by atoms with Crippen molar-refractivity contribution in [2.75, 3.05) is 11.5 Å². The molecule has 1 aliphatic rings. The summed E-state index contributed by atoms with van der Waals surface area (Å²) >= 11 is 0. The van der Waals surface area contributed by atoms with Crippen molar-refractivity contribution in [3.05, 3.63) is 17.5 Å². The normalized spacial score (nSPS) is 23.4. The molecule has 0 radical (unpaired) electrons. The monoisotopic (exact) mass is 283 g/mol. The lowest BCUT2D eigenvalue weighted by molar-refractivity contribution is -0.145. The summed E-state index contributed by atoms with van der Waals surface area (Å²) in [5.74, 6) is -0.408. The van der Waals surface area contributed by atoms with Gasteiger partial charge >= 0.3 is 6.18 Å². The second-order valence-corrected chi connectivity index (χ2v) is 6.45. The maximum absolute atomic E-state index is 12.9. The van der Waals surface area contributed by atoms with Gasteiger partial charge in [0.15, 0.2) is 9.84 Å². The molecule has 1 fully saturated rings. The van der Waals surface area contributed by atoms with Crippen molar-refractivity contribution in [2.45, 2.75) is 25.2 Å². The Balaban J connectivity index is 2.44. The molecule has 1 aromatic heterocycles. The molecule has 1 unspecified atom stereocenters. The molecule has 9 heteroatoms. The van der Waals surface area contributed by atoms with Crippen molar-refractivity contribution >= 4 is 9.84 Å². The molecule has 1 saturated heterocycles. The van der Waals surface area contributed by atoms with Crippen LogP contribution in [0.15, 0.2) is 6.20 Å². The lowest BCUT2D eigenvalue weighted by Gasteiger charge is -2.16. The van der Waals surface area contributed by atoms with Crippen LogP contribution in [0.2, 0.25) is 0 Å². The molecular weight excluding hydrogens is 271 g/mol. The first-order valence-corrected chi connectivity index (χ1v) is 7.11. The molecule has 0 spiro atoms. The van der Waals surface area contributed by atoms with Gasteiger partial charge in [0.2, 0.25) is 0 Å². The third-order valence-electron chi connectivity index (χ3n) is 2.91. The molecule has 18 heavy (non-hydrogen) atoms. The van der Waals surface area contributed by atoms with Gasteiger partial charge in [-0.2, -0.15) is 18.3 Å². The van der Waals surface area contributed by atoms with Gasteiger partial charge < -0.3 is 5.73 Å². The Morgan fingerprint density at radius 3 is 2.61 bits per heavy atom. The molecule has 0 aromatic carbocycles. The molecule has 0 bridgehead atoms. The summed E-state index contributed by atoms with van der Waals surface area (Å²) in [6, 6.07) is -0.757. The molecule has 2 heterocycles. The Labute approximate surface area is 102 Å². The highest BCUT2D eigenvalue weighted by Gasteiger charge is 2.41. The van der Waals surface area contributed by atoms with E-state index in [0.717, 1.165) is 10.9 Å².